The van der Waals surface area contributed by atoms with Gasteiger partial charge in [-0.2, -0.15) is 0 Å². The highest BCUT2D eigenvalue weighted by Gasteiger charge is 2.58. The Morgan fingerprint density at radius 2 is 1.82 bits per heavy atom. The molecule has 1 fully saturated rings. The highest BCUT2D eigenvalue weighted by atomic mass is 16.5. The molecule has 0 unspecified atom stereocenters. The van der Waals surface area contributed by atoms with Crippen molar-refractivity contribution in [3.63, 3.8) is 0 Å². The fraction of sp³-hybridized carbons (Fsp3) is 0.438. The van der Waals surface area contributed by atoms with Gasteiger partial charge >= 0.3 is 12.1 Å². The second kappa shape index (κ2) is 5.79. The number of carboxylic acids is 1. The fourth-order valence-corrected chi connectivity index (χ4v) is 2.18. The van der Waals surface area contributed by atoms with E-state index in [1.54, 1.807) is 0 Å². The quantitative estimate of drug-likeness (QED) is 0.785. The molecule has 118 valence electrons. The molecule has 0 radical (unpaired) electrons. The Labute approximate surface area is 128 Å². The Morgan fingerprint density at radius 1 is 1.23 bits per heavy atom. The van der Waals surface area contributed by atoms with Crippen LogP contribution >= 0.6 is 0 Å². The molecular weight excluding hydrogens is 286 g/mol. The smallest absolute Gasteiger partial charge is 0.408 e. The minimum atomic E-state index is -1.54. The van der Waals surface area contributed by atoms with Gasteiger partial charge in [-0.05, 0) is 32.3 Å². The number of alkyl carbamates (subject to hydrolysis) is 1. The lowest BCUT2D eigenvalue weighted by atomic mass is 9.83. The third kappa shape index (κ3) is 3.27. The topological polar surface area (TPSA) is 92.7 Å². The van der Waals surface area contributed by atoms with Crippen molar-refractivity contribution in [3.05, 3.63) is 35.9 Å². The van der Waals surface area contributed by atoms with E-state index in [0.717, 1.165) is 5.56 Å². The summed E-state index contributed by atoms with van der Waals surface area (Å²) in [5, 5.41) is 11.6. The molecule has 1 saturated carbocycles. The van der Waals surface area contributed by atoms with E-state index in [9.17, 15) is 14.4 Å². The van der Waals surface area contributed by atoms with Crippen LogP contribution in [0.1, 0.15) is 32.3 Å². The summed E-state index contributed by atoms with van der Waals surface area (Å²) in [4.78, 5) is 35.4. The summed E-state index contributed by atoms with van der Waals surface area (Å²) >= 11 is 0. The number of ketones is 1. The van der Waals surface area contributed by atoms with Gasteiger partial charge in [-0.3, -0.25) is 9.59 Å². The average Bonchev–Trinajstić information content (AvgIpc) is 3.26. The zero-order chi connectivity index (χ0) is 16.4. The Kier molecular flexibility index (Phi) is 4.21. The van der Waals surface area contributed by atoms with Crippen LogP contribution in [0.25, 0.3) is 0 Å². The second-order valence-corrected chi connectivity index (χ2v) is 6.03. The van der Waals surface area contributed by atoms with Crippen molar-refractivity contribution in [1.82, 2.24) is 5.32 Å². The van der Waals surface area contributed by atoms with Crippen molar-refractivity contribution in [2.75, 3.05) is 0 Å². The molecule has 22 heavy (non-hydrogen) atoms. The van der Waals surface area contributed by atoms with Crippen LogP contribution in [0.3, 0.4) is 0 Å². The van der Waals surface area contributed by atoms with Gasteiger partial charge in [-0.15, -0.1) is 0 Å². The lowest BCUT2D eigenvalue weighted by Gasteiger charge is -2.24. The standard InChI is InChI=1S/C16H19NO5/c1-15(2,13(19)20)12(18)16(8-9-16)17-14(21)22-10-11-6-4-3-5-7-11/h3-7H,8-10H2,1-2H3,(H,17,21)(H,19,20). The van der Waals surface area contributed by atoms with E-state index < -0.39 is 28.8 Å². The van der Waals surface area contributed by atoms with Crippen LogP contribution in [-0.4, -0.2) is 28.5 Å². The molecule has 0 spiro atoms. The lowest BCUT2D eigenvalue weighted by Crippen LogP contribution is -2.51. The molecule has 1 aliphatic carbocycles. The van der Waals surface area contributed by atoms with Crippen LogP contribution in [0.15, 0.2) is 30.3 Å². The van der Waals surface area contributed by atoms with Crippen LogP contribution in [0.4, 0.5) is 4.79 Å². The maximum absolute atomic E-state index is 12.3. The molecule has 0 aliphatic heterocycles. The first-order valence-corrected chi connectivity index (χ1v) is 7.05. The number of carbonyl (C=O) groups excluding carboxylic acids is 2. The molecule has 1 aromatic carbocycles. The highest BCUT2D eigenvalue weighted by molar-refractivity contribution is 6.09. The number of carboxylic acid groups (broad SMARTS) is 1. The first-order chi connectivity index (χ1) is 10.3. The van der Waals surface area contributed by atoms with E-state index in [0.29, 0.717) is 12.8 Å². The van der Waals surface area contributed by atoms with Gasteiger partial charge < -0.3 is 15.2 Å². The normalized spacial score (nSPS) is 15.7. The predicted molar refractivity (Wildman–Crippen MR) is 78.2 cm³/mol. The van der Waals surface area contributed by atoms with E-state index in [2.05, 4.69) is 5.32 Å². The number of carbonyl (C=O) groups is 3. The van der Waals surface area contributed by atoms with Gasteiger partial charge in [0.1, 0.15) is 17.6 Å². The van der Waals surface area contributed by atoms with E-state index in [4.69, 9.17) is 9.84 Å². The molecular formula is C16H19NO5. The van der Waals surface area contributed by atoms with Gasteiger partial charge in [0, 0.05) is 0 Å². The maximum Gasteiger partial charge on any atom is 0.408 e. The Balaban J connectivity index is 1.94. The molecule has 0 heterocycles. The number of hydrogen-bond acceptors (Lipinski definition) is 4. The molecule has 0 atom stereocenters. The van der Waals surface area contributed by atoms with Crippen molar-refractivity contribution in [1.29, 1.82) is 0 Å². The van der Waals surface area contributed by atoms with Crippen LogP contribution in [0.5, 0.6) is 0 Å². The number of aliphatic carboxylic acids is 1. The summed E-state index contributed by atoms with van der Waals surface area (Å²) in [6.45, 7) is 2.78. The number of nitrogens with one attached hydrogen (secondary N) is 1. The molecule has 6 nitrogen and oxygen atoms in total. The Morgan fingerprint density at radius 3 is 2.32 bits per heavy atom. The van der Waals surface area contributed by atoms with Gasteiger partial charge in [-0.25, -0.2) is 4.79 Å². The van der Waals surface area contributed by atoms with E-state index in [1.165, 1.54) is 13.8 Å². The molecule has 1 aliphatic rings. The number of Topliss-reactive ketones (excluding diaryl/α,β-unsaturated/α-hetero) is 1. The average molecular weight is 305 g/mol. The zero-order valence-electron chi connectivity index (χ0n) is 12.6. The Hall–Kier alpha value is -2.37. The number of rotatable bonds is 6. The summed E-state index contributed by atoms with van der Waals surface area (Å²) in [5.41, 5.74) is -1.81. The molecule has 2 rings (SSSR count). The maximum atomic E-state index is 12.3. The van der Waals surface area contributed by atoms with Crippen molar-refractivity contribution in [2.24, 2.45) is 5.41 Å². The summed E-state index contributed by atoms with van der Waals surface area (Å²) in [6, 6.07) is 9.16. The van der Waals surface area contributed by atoms with Crippen molar-refractivity contribution < 1.29 is 24.2 Å². The van der Waals surface area contributed by atoms with Crippen LogP contribution in [-0.2, 0) is 20.9 Å². The van der Waals surface area contributed by atoms with E-state index in [-0.39, 0.29) is 6.61 Å². The van der Waals surface area contributed by atoms with E-state index in [1.807, 2.05) is 30.3 Å². The molecule has 0 saturated heterocycles. The summed E-state index contributed by atoms with van der Waals surface area (Å²) in [7, 11) is 0. The third-order valence-corrected chi connectivity index (χ3v) is 3.84. The number of hydrogen-bond donors (Lipinski definition) is 2. The molecule has 1 aromatic rings. The van der Waals surface area contributed by atoms with Crippen LogP contribution in [0, 0.1) is 5.41 Å². The summed E-state index contributed by atoms with van der Waals surface area (Å²) < 4.78 is 5.08. The first-order valence-electron chi connectivity index (χ1n) is 7.05. The first kappa shape index (κ1) is 16.0. The minimum Gasteiger partial charge on any atom is -0.481 e. The van der Waals surface area contributed by atoms with Crippen molar-refractivity contribution in [2.45, 2.75) is 38.8 Å². The predicted octanol–water partition coefficient (Wildman–Crippen LogP) is 2.13. The highest BCUT2D eigenvalue weighted by Crippen LogP contribution is 2.42. The lowest BCUT2D eigenvalue weighted by molar-refractivity contribution is -0.153. The number of benzene rings is 1. The molecule has 0 aromatic heterocycles. The van der Waals surface area contributed by atoms with Crippen molar-refractivity contribution >= 4 is 17.8 Å². The number of amides is 1. The number of ether oxygens (including phenoxy) is 1. The van der Waals surface area contributed by atoms with Crippen LogP contribution in [0.2, 0.25) is 0 Å². The minimum absolute atomic E-state index is 0.0965. The molecule has 0 bridgehead atoms. The SMILES string of the molecule is CC(C)(C(=O)O)C(=O)C1(NC(=O)OCc2ccccc2)CC1. The van der Waals surface area contributed by atoms with Gasteiger partial charge in [0.15, 0.2) is 5.78 Å². The molecule has 2 N–H and O–H groups in total. The second-order valence-electron chi connectivity index (χ2n) is 6.03. The van der Waals surface area contributed by atoms with Crippen LogP contribution < -0.4 is 5.32 Å². The fourth-order valence-electron chi connectivity index (χ4n) is 2.18. The largest absolute Gasteiger partial charge is 0.481 e. The zero-order valence-corrected chi connectivity index (χ0v) is 12.6. The Bertz CT molecular complexity index is 590. The molecule has 6 heteroatoms. The van der Waals surface area contributed by atoms with Crippen molar-refractivity contribution in [3.8, 4) is 0 Å². The molecule has 1 amide bonds. The van der Waals surface area contributed by atoms with E-state index >= 15 is 0 Å². The van der Waals surface area contributed by atoms with Gasteiger partial charge in [0.25, 0.3) is 0 Å². The monoisotopic (exact) mass is 305 g/mol. The van der Waals surface area contributed by atoms with Gasteiger partial charge in [0.2, 0.25) is 0 Å². The summed E-state index contributed by atoms with van der Waals surface area (Å²) in [5.74, 6) is -1.70. The third-order valence-electron chi connectivity index (χ3n) is 3.84. The van der Waals surface area contributed by atoms with Gasteiger partial charge in [0.05, 0.1) is 0 Å². The van der Waals surface area contributed by atoms with Gasteiger partial charge in [-0.1, -0.05) is 30.3 Å². The summed E-state index contributed by atoms with van der Waals surface area (Å²) in [6.07, 6.45) is 0.155.